The summed E-state index contributed by atoms with van der Waals surface area (Å²) in [4.78, 5) is 23.2. The minimum absolute atomic E-state index is 0.0234. The molecule has 0 saturated carbocycles. The highest BCUT2D eigenvalue weighted by molar-refractivity contribution is 5.53. The quantitative estimate of drug-likeness (QED) is 0.459. The molecule has 0 amide bonds. The maximum Gasteiger partial charge on any atom is 0.235 e. The first kappa shape index (κ1) is 18.9. The first-order chi connectivity index (χ1) is 14.0. The van der Waals surface area contributed by atoms with E-state index in [1.165, 1.54) is 0 Å². The fraction of sp³-hybridized carbons (Fsp3) is 0.412. The van der Waals surface area contributed by atoms with Crippen LogP contribution in [0.4, 0.5) is 28.1 Å². The van der Waals surface area contributed by atoms with Crippen LogP contribution in [0.2, 0.25) is 0 Å². The molecular formula is C17H21FN10O. The molecule has 11 nitrogen and oxygen atoms in total. The maximum atomic E-state index is 13.1. The first-order valence-electron chi connectivity index (χ1n) is 9.18. The number of hydrogen-bond donors (Lipinski definition) is 4. The third-order valence-corrected chi connectivity index (χ3v) is 4.55. The summed E-state index contributed by atoms with van der Waals surface area (Å²) in [7, 11) is 0. The molecule has 4 N–H and O–H groups in total. The standard InChI is InChI=1S/C17H21FN10O/c1-9-5-13(27-26-9)22-16-23-15(21-10(2)14-19-6-11(18)7-20-14)24-17(25-16)28-4-3-12(28)8-29/h5-7,10,12,29H,3-4,8H2,1-2H3,(H3,21,22,23,24,25,26,27). The molecule has 1 fully saturated rings. The molecule has 0 aliphatic carbocycles. The highest BCUT2D eigenvalue weighted by Crippen LogP contribution is 2.26. The molecule has 0 aromatic carbocycles. The Morgan fingerprint density at radius 3 is 2.66 bits per heavy atom. The number of nitrogens with one attached hydrogen (secondary N) is 3. The Bertz CT molecular complexity index is 977. The lowest BCUT2D eigenvalue weighted by molar-refractivity contribution is 0.224. The molecule has 12 heteroatoms. The van der Waals surface area contributed by atoms with Gasteiger partial charge in [0.05, 0.1) is 31.1 Å². The molecule has 4 rings (SSSR count). The molecule has 29 heavy (non-hydrogen) atoms. The van der Waals surface area contributed by atoms with Crippen molar-refractivity contribution < 1.29 is 9.50 Å². The Labute approximate surface area is 165 Å². The van der Waals surface area contributed by atoms with Gasteiger partial charge in [0, 0.05) is 18.3 Å². The molecule has 0 radical (unpaired) electrons. The van der Waals surface area contributed by atoms with Gasteiger partial charge < -0.3 is 20.6 Å². The van der Waals surface area contributed by atoms with Crippen LogP contribution in [0.25, 0.3) is 0 Å². The van der Waals surface area contributed by atoms with Crippen LogP contribution >= 0.6 is 0 Å². The van der Waals surface area contributed by atoms with E-state index < -0.39 is 5.82 Å². The van der Waals surface area contributed by atoms with Crippen LogP contribution < -0.4 is 15.5 Å². The number of aromatic amines is 1. The average molecular weight is 400 g/mol. The number of anilines is 4. The van der Waals surface area contributed by atoms with Crippen molar-refractivity contribution in [1.29, 1.82) is 0 Å². The highest BCUT2D eigenvalue weighted by Gasteiger charge is 2.30. The van der Waals surface area contributed by atoms with Crippen molar-refractivity contribution in [3.63, 3.8) is 0 Å². The number of aliphatic hydroxyl groups is 1. The molecule has 1 saturated heterocycles. The largest absolute Gasteiger partial charge is 0.394 e. The van der Waals surface area contributed by atoms with E-state index in [0.717, 1.165) is 31.1 Å². The van der Waals surface area contributed by atoms with Crippen LogP contribution in [-0.2, 0) is 0 Å². The van der Waals surface area contributed by atoms with Crippen molar-refractivity contribution in [3.05, 3.63) is 35.8 Å². The van der Waals surface area contributed by atoms with Crippen LogP contribution in [0.15, 0.2) is 18.5 Å². The van der Waals surface area contributed by atoms with Crippen molar-refractivity contribution >= 4 is 23.7 Å². The van der Waals surface area contributed by atoms with Crippen LogP contribution in [0.3, 0.4) is 0 Å². The molecule has 4 heterocycles. The summed E-state index contributed by atoms with van der Waals surface area (Å²) >= 11 is 0. The monoisotopic (exact) mass is 400 g/mol. The zero-order valence-corrected chi connectivity index (χ0v) is 16.0. The van der Waals surface area contributed by atoms with Gasteiger partial charge >= 0.3 is 0 Å². The number of halogens is 1. The highest BCUT2D eigenvalue weighted by atomic mass is 19.1. The Morgan fingerprint density at radius 2 is 2.03 bits per heavy atom. The molecule has 152 valence electrons. The lowest BCUT2D eigenvalue weighted by Crippen LogP contribution is -2.51. The molecule has 0 spiro atoms. The summed E-state index contributed by atoms with van der Waals surface area (Å²) in [6.07, 6.45) is 3.09. The van der Waals surface area contributed by atoms with Crippen molar-refractivity contribution in [1.82, 2.24) is 35.1 Å². The Hall–Kier alpha value is -3.41. The van der Waals surface area contributed by atoms with Crippen LogP contribution in [-0.4, -0.2) is 59.4 Å². The maximum absolute atomic E-state index is 13.1. The predicted octanol–water partition coefficient (Wildman–Crippen LogP) is 1.32. The Balaban J connectivity index is 1.60. The molecule has 1 aliphatic rings. The fourth-order valence-electron chi connectivity index (χ4n) is 2.91. The zero-order valence-electron chi connectivity index (χ0n) is 16.0. The van der Waals surface area contributed by atoms with Gasteiger partial charge in [-0.2, -0.15) is 20.1 Å². The normalized spacial score (nSPS) is 17.0. The SMILES string of the molecule is Cc1cc(Nc2nc(NC(C)c3ncc(F)cn3)nc(N3CCC3CO)n2)n[nH]1. The summed E-state index contributed by atoms with van der Waals surface area (Å²) in [6.45, 7) is 4.48. The van der Waals surface area contributed by atoms with Gasteiger partial charge in [-0.15, -0.1) is 0 Å². The van der Waals surface area contributed by atoms with Crippen molar-refractivity contribution in [2.75, 3.05) is 28.7 Å². The molecule has 2 unspecified atom stereocenters. The molecular weight excluding hydrogens is 379 g/mol. The lowest BCUT2D eigenvalue weighted by atomic mass is 10.1. The number of aliphatic hydroxyl groups excluding tert-OH is 1. The first-order valence-corrected chi connectivity index (χ1v) is 9.18. The predicted molar refractivity (Wildman–Crippen MR) is 103 cm³/mol. The summed E-state index contributed by atoms with van der Waals surface area (Å²) in [5.41, 5.74) is 0.894. The molecule has 1 aliphatic heterocycles. The van der Waals surface area contributed by atoms with Gasteiger partial charge in [-0.25, -0.2) is 14.4 Å². The van der Waals surface area contributed by atoms with E-state index in [9.17, 15) is 9.50 Å². The second-order valence-corrected chi connectivity index (χ2v) is 6.79. The van der Waals surface area contributed by atoms with Gasteiger partial charge in [-0.3, -0.25) is 5.10 Å². The topological polar surface area (TPSA) is 141 Å². The van der Waals surface area contributed by atoms with E-state index in [0.29, 0.717) is 29.5 Å². The summed E-state index contributed by atoms with van der Waals surface area (Å²) < 4.78 is 13.1. The third kappa shape index (κ3) is 4.21. The minimum Gasteiger partial charge on any atom is -0.394 e. The average Bonchev–Trinajstić information content (AvgIpc) is 3.06. The number of aryl methyl sites for hydroxylation is 1. The van der Waals surface area contributed by atoms with Crippen LogP contribution in [0.1, 0.15) is 30.9 Å². The molecule has 2 atom stereocenters. The number of nitrogens with zero attached hydrogens (tertiary/aromatic N) is 7. The Morgan fingerprint density at radius 1 is 1.28 bits per heavy atom. The number of rotatable bonds is 7. The van der Waals surface area contributed by atoms with Gasteiger partial charge in [0.2, 0.25) is 17.8 Å². The molecule has 3 aromatic rings. The van der Waals surface area contributed by atoms with Crippen LogP contribution in [0.5, 0.6) is 0 Å². The van der Waals surface area contributed by atoms with E-state index >= 15 is 0 Å². The number of H-pyrrole nitrogens is 1. The summed E-state index contributed by atoms with van der Waals surface area (Å²) in [5, 5.41) is 22.6. The van der Waals surface area contributed by atoms with Crippen molar-refractivity contribution in [2.24, 2.45) is 0 Å². The second kappa shape index (κ2) is 7.91. The smallest absolute Gasteiger partial charge is 0.235 e. The van der Waals surface area contributed by atoms with Gasteiger partial charge in [0.25, 0.3) is 0 Å². The molecule has 0 bridgehead atoms. The number of aromatic nitrogens is 7. The van der Waals surface area contributed by atoms with Gasteiger partial charge in [0.15, 0.2) is 11.6 Å². The van der Waals surface area contributed by atoms with Crippen molar-refractivity contribution in [3.8, 4) is 0 Å². The minimum atomic E-state index is -0.503. The van der Waals surface area contributed by atoms with Gasteiger partial charge in [-0.1, -0.05) is 0 Å². The summed E-state index contributed by atoms with van der Waals surface area (Å²) in [6, 6.07) is 1.44. The van der Waals surface area contributed by atoms with E-state index in [-0.39, 0.29) is 18.7 Å². The lowest BCUT2D eigenvalue weighted by Gasteiger charge is -2.39. The van der Waals surface area contributed by atoms with Gasteiger partial charge in [-0.05, 0) is 20.3 Å². The third-order valence-electron chi connectivity index (χ3n) is 4.55. The summed E-state index contributed by atoms with van der Waals surface area (Å²) in [5.74, 6) is 1.52. The number of hydrogen-bond acceptors (Lipinski definition) is 10. The van der Waals surface area contributed by atoms with E-state index in [1.54, 1.807) is 0 Å². The van der Waals surface area contributed by atoms with Crippen molar-refractivity contribution in [2.45, 2.75) is 32.4 Å². The van der Waals surface area contributed by atoms with E-state index in [4.69, 9.17) is 0 Å². The van der Waals surface area contributed by atoms with E-state index in [1.807, 2.05) is 24.8 Å². The van der Waals surface area contributed by atoms with Gasteiger partial charge in [0.1, 0.15) is 5.82 Å². The van der Waals surface area contributed by atoms with Crippen LogP contribution in [0, 0.1) is 12.7 Å². The fourth-order valence-corrected chi connectivity index (χ4v) is 2.91. The zero-order chi connectivity index (χ0) is 20.4. The van der Waals surface area contributed by atoms with E-state index in [2.05, 4.69) is 45.8 Å². The Kier molecular flexibility index (Phi) is 5.16. The molecule has 3 aromatic heterocycles. The second-order valence-electron chi connectivity index (χ2n) is 6.79.